The largest absolute Gasteiger partial charge is 0.333 e. The molecule has 1 aliphatic heterocycles. The highest BCUT2D eigenvalue weighted by atomic mass is 35.5. The fourth-order valence-corrected chi connectivity index (χ4v) is 3.19. The summed E-state index contributed by atoms with van der Waals surface area (Å²) in [5.74, 6) is 0.0116. The van der Waals surface area contributed by atoms with Crippen molar-refractivity contribution >= 4 is 34.9 Å². The molecule has 0 aromatic heterocycles. The minimum atomic E-state index is -0.338. The van der Waals surface area contributed by atoms with Crippen LogP contribution >= 0.6 is 11.6 Å². The third kappa shape index (κ3) is 3.99. The van der Waals surface area contributed by atoms with Gasteiger partial charge in [0.2, 0.25) is 5.91 Å². The van der Waals surface area contributed by atoms with E-state index in [1.54, 1.807) is 17.0 Å². The van der Waals surface area contributed by atoms with Crippen LogP contribution in [0.5, 0.6) is 0 Å². The zero-order valence-electron chi connectivity index (χ0n) is 15.1. The SMILES string of the molecule is Cc1ccc(N2C[C@@H](NC(=O)Nc3cc(Cl)ccc3C)CC2=O)cc1C. The first-order valence-corrected chi connectivity index (χ1v) is 8.92. The quantitative estimate of drug-likeness (QED) is 0.849. The number of nitrogens with one attached hydrogen (secondary N) is 2. The zero-order chi connectivity index (χ0) is 18.8. The van der Waals surface area contributed by atoms with E-state index >= 15 is 0 Å². The van der Waals surface area contributed by atoms with Gasteiger partial charge in [-0.25, -0.2) is 4.79 Å². The first kappa shape index (κ1) is 18.3. The molecule has 5 nitrogen and oxygen atoms in total. The normalized spacial score (nSPS) is 16.7. The Kier molecular flexibility index (Phi) is 5.18. The minimum Gasteiger partial charge on any atom is -0.333 e. The lowest BCUT2D eigenvalue weighted by atomic mass is 10.1. The zero-order valence-corrected chi connectivity index (χ0v) is 15.9. The number of benzene rings is 2. The van der Waals surface area contributed by atoms with Crippen molar-refractivity contribution in [2.75, 3.05) is 16.8 Å². The van der Waals surface area contributed by atoms with Crippen molar-refractivity contribution in [1.82, 2.24) is 5.32 Å². The second-order valence-corrected chi connectivity index (χ2v) is 7.17. The van der Waals surface area contributed by atoms with Crippen molar-refractivity contribution in [3.63, 3.8) is 0 Å². The van der Waals surface area contributed by atoms with E-state index in [4.69, 9.17) is 11.6 Å². The third-order valence-corrected chi connectivity index (χ3v) is 4.95. The van der Waals surface area contributed by atoms with E-state index in [0.717, 1.165) is 16.8 Å². The summed E-state index contributed by atoms with van der Waals surface area (Å²) in [4.78, 5) is 26.4. The standard InChI is InChI=1S/C20H22ClN3O2/c1-12-5-7-17(8-14(12)3)24-11-16(10-19(24)25)22-20(26)23-18-9-15(21)6-4-13(18)2/h4-9,16H,10-11H2,1-3H3,(H2,22,23,26)/t16-/m0/s1. The second kappa shape index (κ2) is 7.38. The van der Waals surface area contributed by atoms with E-state index in [2.05, 4.69) is 10.6 Å². The fourth-order valence-electron chi connectivity index (χ4n) is 3.02. The number of carbonyl (C=O) groups is 2. The highest BCUT2D eigenvalue weighted by Gasteiger charge is 2.31. The van der Waals surface area contributed by atoms with Gasteiger partial charge >= 0.3 is 6.03 Å². The summed E-state index contributed by atoms with van der Waals surface area (Å²) in [6, 6.07) is 10.7. The van der Waals surface area contributed by atoms with Gasteiger partial charge in [-0.3, -0.25) is 4.79 Å². The summed E-state index contributed by atoms with van der Waals surface area (Å²) in [5.41, 5.74) is 4.77. The molecule has 2 aromatic rings. The molecule has 1 aliphatic rings. The van der Waals surface area contributed by atoms with Gasteiger partial charge in [0.05, 0.1) is 6.04 Å². The lowest BCUT2D eigenvalue weighted by Gasteiger charge is -2.19. The van der Waals surface area contributed by atoms with Crippen molar-refractivity contribution in [2.45, 2.75) is 33.2 Å². The van der Waals surface area contributed by atoms with Gasteiger partial charge in [0.15, 0.2) is 0 Å². The molecule has 3 rings (SSSR count). The highest BCUT2D eigenvalue weighted by molar-refractivity contribution is 6.31. The monoisotopic (exact) mass is 371 g/mol. The van der Waals surface area contributed by atoms with E-state index < -0.39 is 0 Å². The predicted octanol–water partition coefficient (Wildman–Crippen LogP) is 4.19. The number of halogens is 1. The molecule has 1 heterocycles. The molecule has 26 heavy (non-hydrogen) atoms. The molecule has 1 fully saturated rings. The molecule has 1 atom stereocenters. The maximum Gasteiger partial charge on any atom is 0.319 e. The number of rotatable bonds is 3. The number of carbonyl (C=O) groups excluding carboxylic acids is 2. The Balaban J connectivity index is 1.64. The lowest BCUT2D eigenvalue weighted by Crippen LogP contribution is -2.39. The van der Waals surface area contributed by atoms with Crippen LogP contribution in [-0.2, 0) is 4.79 Å². The molecule has 6 heteroatoms. The molecule has 1 saturated heterocycles. The topological polar surface area (TPSA) is 61.4 Å². The molecule has 0 aliphatic carbocycles. The van der Waals surface area contributed by atoms with Crippen molar-refractivity contribution in [3.8, 4) is 0 Å². The van der Waals surface area contributed by atoms with Gasteiger partial charge in [0, 0.05) is 29.4 Å². The predicted molar refractivity (Wildman–Crippen MR) is 105 cm³/mol. The van der Waals surface area contributed by atoms with E-state index in [1.165, 1.54) is 5.56 Å². The van der Waals surface area contributed by atoms with Crippen LogP contribution in [0.15, 0.2) is 36.4 Å². The Hall–Kier alpha value is -2.53. The van der Waals surface area contributed by atoms with Crippen molar-refractivity contribution in [3.05, 3.63) is 58.1 Å². The van der Waals surface area contributed by atoms with Crippen LogP contribution in [-0.4, -0.2) is 24.5 Å². The van der Waals surface area contributed by atoms with E-state index in [0.29, 0.717) is 17.3 Å². The van der Waals surface area contributed by atoms with Crippen LogP contribution in [0.4, 0.5) is 16.2 Å². The van der Waals surface area contributed by atoms with Gasteiger partial charge in [-0.05, 0) is 61.7 Å². The summed E-state index contributed by atoms with van der Waals surface area (Å²) in [6.07, 6.45) is 0.287. The van der Waals surface area contributed by atoms with Gasteiger partial charge < -0.3 is 15.5 Å². The first-order chi connectivity index (χ1) is 12.3. The van der Waals surface area contributed by atoms with Crippen LogP contribution in [0.3, 0.4) is 0 Å². The average Bonchev–Trinajstić information content (AvgIpc) is 2.93. The summed E-state index contributed by atoms with van der Waals surface area (Å²) >= 11 is 5.98. The lowest BCUT2D eigenvalue weighted by molar-refractivity contribution is -0.117. The maximum absolute atomic E-state index is 12.4. The molecular formula is C20H22ClN3O2. The summed E-state index contributed by atoms with van der Waals surface area (Å²) in [6.45, 7) is 6.42. The van der Waals surface area contributed by atoms with E-state index in [9.17, 15) is 9.59 Å². The fraction of sp³-hybridized carbons (Fsp3) is 0.300. The van der Waals surface area contributed by atoms with E-state index in [-0.39, 0.29) is 24.4 Å². The van der Waals surface area contributed by atoms with E-state index in [1.807, 2.05) is 45.0 Å². The smallest absolute Gasteiger partial charge is 0.319 e. The Morgan fingerprint density at radius 3 is 2.54 bits per heavy atom. The van der Waals surface area contributed by atoms with Crippen LogP contribution in [0, 0.1) is 20.8 Å². The number of amides is 3. The van der Waals surface area contributed by atoms with Crippen LogP contribution in [0.25, 0.3) is 0 Å². The molecule has 136 valence electrons. The van der Waals surface area contributed by atoms with Crippen molar-refractivity contribution < 1.29 is 9.59 Å². The minimum absolute atomic E-state index is 0.0116. The van der Waals surface area contributed by atoms with Crippen LogP contribution in [0.2, 0.25) is 5.02 Å². The Morgan fingerprint density at radius 1 is 1.08 bits per heavy atom. The van der Waals surface area contributed by atoms with Gasteiger partial charge in [0.1, 0.15) is 0 Å². The Bertz CT molecular complexity index is 866. The van der Waals surface area contributed by atoms with Gasteiger partial charge in [-0.15, -0.1) is 0 Å². The number of urea groups is 1. The molecular weight excluding hydrogens is 350 g/mol. The van der Waals surface area contributed by atoms with Crippen molar-refractivity contribution in [1.29, 1.82) is 0 Å². The number of aryl methyl sites for hydroxylation is 3. The molecule has 0 bridgehead atoms. The van der Waals surface area contributed by atoms with Crippen LogP contribution < -0.4 is 15.5 Å². The summed E-state index contributed by atoms with van der Waals surface area (Å²) in [7, 11) is 0. The second-order valence-electron chi connectivity index (χ2n) is 6.73. The maximum atomic E-state index is 12.4. The van der Waals surface area contributed by atoms with Crippen molar-refractivity contribution in [2.24, 2.45) is 0 Å². The number of hydrogen-bond donors (Lipinski definition) is 2. The number of anilines is 2. The molecule has 2 aromatic carbocycles. The first-order valence-electron chi connectivity index (χ1n) is 8.55. The molecule has 0 spiro atoms. The highest BCUT2D eigenvalue weighted by Crippen LogP contribution is 2.24. The number of hydrogen-bond acceptors (Lipinski definition) is 2. The average molecular weight is 372 g/mol. The molecule has 0 unspecified atom stereocenters. The van der Waals surface area contributed by atoms with Crippen LogP contribution in [0.1, 0.15) is 23.1 Å². The summed E-state index contributed by atoms with van der Waals surface area (Å²) in [5, 5.41) is 6.23. The molecule has 0 radical (unpaired) electrons. The Morgan fingerprint density at radius 2 is 1.81 bits per heavy atom. The van der Waals surface area contributed by atoms with Gasteiger partial charge in [0.25, 0.3) is 0 Å². The molecule has 2 N–H and O–H groups in total. The van der Waals surface area contributed by atoms with Gasteiger partial charge in [-0.2, -0.15) is 0 Å². The molecule has 3 amide bonds. The summed E-state index contributed by atoms with van der Waals surface area (Å²) < 4.78 is 0. The molecule has 0 saturated carbocycles. The third-order valence-electron chi connectivity index (χ3n) is 4.71. The number of nitrogens with zero attached hydrogens (tertiary/aromatic N) is 1. The van der Waals surface area contributed by atoms with Gasteiger partial charge in [-0.1, -0.05) is 23.7 Å². The Labute approximate surface area is 158 Å².